The van der Waals surface area contributed by atoms with E-state index in [1.165, 1.54) is 0 Å². The van der Waals surface area contributed by atoms with Gasteiger partial charge in [-0.15, -0.1) is 5.11 Å². The highest BCUT2D eigenvalue weighted by atomic mass is 16.5. The van der Waals surface area contributed by atoms with Gasteiger partial charge in [-0.2, -0.15) is 15.3 Å². The van der Waals surface area contributed by atoms with Crippen LogP contribution in [0.4, 0.5) is 22.7 Å². The second-order valence-corrected chi connectivity index (χ2v) is 6.32. The van der Waals surface area contributed by atoms with Crippen molar-refractivity contribution in [2.24, 2.45) is 20.5 Å². The van der Waals surface area contributed by atoms with Crippen molar-refractivity contribution in [3.8, 4) is 5.75 Å². The molecule has 0 aliphatic heterocycles. The molecule has 4 aromatic carbocycles. The Balaban J connectivity index is 1.58. The molecule has 4 aromatic rings. The lowest BCUT2D eigenvalue weighted by Gasteiger charge is -2.09. The highest BCUT2D eigenvalue weighted by Gasteiger charge is 2.08. The molecule has 5 heteroatoms. The summed E-state index contributed by atoms with van der Waals surface area (Å²) in [6.07, 6.45) is 0. The molecule has 0 bridgehead atoms. The fraction of sp³-hybridized carbons (Fsp3) is 0.0833. The van der Waals surface area contributed by atoms with Crippen LogP contribution < -0.4 is 4.74 Å². The van der Waals surface area contributed by atoms with Crippen molar-refractivity contribution < 1.29 is 4.74 Å². The van der Waals surface area contributed by atoms with Gasteiger partial charge in [0, 0.05) is 5.39 Å². The van der Waals surface area contributed by atoms with Gasteiger partial charge in [0.1, 0.15) is 11.4 Å². The molecule has 0 aliphatic carbocycles. The minimum absolute atomic E-state index is 0.571. The number of azo groups is 2. The quantitative estimate of drug-likeness (QED) is 0.312. The van der Waals surface area contributed by atoms with Gasteiger partial charge in [0.15, 0.2) is 0 Å². The summed E-state index contributed by atoms with van der Waals surface area (Å²) < 4.78 is 5.75. The topological polar surface area (TPSA) is 58.7 Å². The zero-order chi connectivity index (χ0) is 19.9. The zero-order valence-electron chi connectivity index (χ0n) is 16.1. The standard InChI is InChI=1S/C24H20N4O/c1-2-29-23-17-12-18-8-6-7-11-22(18)24(23)28-27-21-15-13-20(14-16-21)26-25-19-9-4-3-5-10-19/h3-17H,2H2,1H3. The van der Waals surface area contributed by atoms with E-state index in [1.807, 2.05) is 91.9 Å². The average molecular weight is 380 g/mol. The molecular weight excluding hydrogens is 360 g/mol. The number of fused-ring (bicyclic) bond motifs is 1. The molecule has 0 saturated heterocycles. The molecular formula is C24H20N4O. The van der Waals surface area contributed by atoms with Gasteiger partial charge < -0.3 is 4.74 Å². The molecule has 4 rings (SSSR count). The van der Waals surface area contributed by atoms with E-state index >= 15 is 0 Å². The fourth-order valence-corrected chi connectivity index (χ4v) is 2.91. The lowest BCUT2D eigenvalue weighted by atomic mass is 10.1. The van der Waals surface area contributed by atoms with Crippen molar-refractivity contribution in [1.82, 2.24) is 0 Å². The van der Waals surface area contributed by atoms with E-state index in [4.69, 9.17) is 4.74 Å². The van der Waals surface area contributed by atoms with Crippen LogP contribution in [0, 0.1) is 0 Å². The summed E-state index contributed by atoms with van der Waals surface area (Å²) in [5.74, 6) is 0.725. The summed E-state index contributed by atoms with van der Waals surface area (Å²) in [5.41, 5.74) is 3.04. The molecule has 0 unspecified atom stereocenters. The summed E-state index contributed by atoms with van der Waals surface area (Å²) in [4.78, 5) is 0. The van der Waals surface area contributed by atoms with E-state index in [1.54, 1.807) is 0 Å². The molecule has 142 valence electrons. The third kappa shape index (κ3) is 4.52. The van der Waals surface area contributed by atoms with E-state index in [2.05, 4.69) is 26.5 Å². The number of ether oxygens (including phenoxy) is 1. The van der Waals surface area contributed by atoms with E-state index in [-0.39, 0.29) is 0 Å². The molecule has 0 heterocycles. The fourth-order valence-electron chi connectivity index (χ4n) is 2.91. The highest BCUT2D eigenvalue weighted by Crippen LogP contribution is 2.37. The summed E-state index contributed by atoms with van der Waals surface area (Å²) in [6.45, 7) is 2.53. The van der Waals surface area contributed by atoms with E-state index < -0.39 is 0 Å². The monoisotopic (exact) mass is 380 g/mol. The second-order valence-electron chi connectivity index (χ2n) is 6.32. The number of benzene rings is 4. The van der Waals surface area contributed by atoms with E-state index in [0.29, 0.717) is 6.61 Å². The van der Waals surface area contributed by atoms with Gasteiger partial charge in [-0.25, -0.2) is 0 Å². The minimum atomic E-state index is 0.571. The van der Waals surface area contributed by atoms with Crippen LogP contribution in [0.2, 0.25) is 0 Å². The summed E-state index contributed by atoms with van der Waals surface area (Å²) in [5, 5.41) is 19.5. The van der Waals surface area contributed by atoms with Gasteiger partial charge >= 0.3 is 0 Å². The summed E-state index contributed by atoms with van der Waals surface area (Å²) >= 11 is 0. The molecule has 0 N–H and O–H groups in total. The van der Waals surface area contributed by atoms with Crippen LogP contribution in [0.3, 0.4) is 0 Å². The van der Waals surface area contributed by atoms with Crippen molar-refractivity contribution in [2.75, 3.05) is 6.61 Å². The molecule has 0 atom stereocenters. The number of rotatable bonds is 6. The van der Waals surface area contributed by atoms with Crippen molar-refractivity contribution in [2.45, 2.75) is 6.92 Å². The van der Waals surface area contributed by atoms with Crippen molar-refractivity contribution in [3.05, 3.63) is 91.0 Å². The SMILES string of the molecule is CCOc1ccc2ccccc2c1N=Nc1ccc(N=Nc2ccccc2)cc1. The van der Waals surface area contributed by atoms with E-state index in [9.17, 15) is 0 Å². The maximum atomic E-state index is 5.75. The second kappa shape index (κ2) is 8.89. The maximum absolute atomic E-state index is 5.75. The molecule has 0 spiro atoms. The third-order valence-electron chi connectivity index (χ3n) is 4.32. The Morgan fingerprint density at radius 1 is 0.586 bits per heavy atom. The molecule has 0 aliphatic rings. The van der Waals surface area contributed by atoms with Crippen LogP contribution >= 0.6 is 0 Å². The van der Waals surface area contributed by atoms with Gasteiger partial charge in [-0.3, -0.25) is 0 Å². The summed E-state index contributed by atoms with van der Waals surface area (Å²) in [6, 6.07) is 29.2. The average Bonchev–Trinajstić information content (AvgIpc) is 2.78. The lowest BCUT2D eigenvalue weighted by Crippen LogP contribution is -1.91. The van der Waals surface area contributed by atoms with Crippen molar-refractivity contribution in [1.29, 1.82) is 0 Å². The Labute approximate surface area is 169 Å². The minimum Gasteiger partial charge on any atom is -0.492 e. The lowest BCUT2D eigenvalue weighted by molar-refractivity contribution is 0.341. The predicted molar refractivity (Wildman–Crippen MR) is 116 cm³/mol. The number of hydrogen-bond donors (Lipinski definition) is 0. The Bertz CT molecular complexity index is 1150. The molecule has 0 saturated carbocycles. The Morgan fingerprint density at radius 3 is 1.86 bits per heavy atom. The molecule has 0 amide bonds. The molecule has 0 radical (unpaired) electrons. The first-order valence-electron chi connectivity index (χ1n) is 9.46. The van der Waals surface area contributed by atoms with Gasteiger partial charge in [-0.1, -0.05) is 48.5 Å². The van der Waals surface area contributed by atoms with Crippen LogP contribution in [-0.2, 0) is 0 Å². The molecule has 5 nitrogen and oxygen atoms in total. The van der Waals surface area contributed by atoms with Gasteiger partial charge in [-0.05, 0) is 54.8 Å². The molecule has 0 fully saturated rings. The zero-order valence-corrected chi connectivity index (χ0v) is 16.1. The van der Waals surface area contributed by atoms with Crippen LogP contribution in [0.15, 0.2) is 111 Å². The maximum Gasteiger partial charge on any atom is 0.147 e. The molecule has 29 heavy (non-hydrogen) atoms. The Kier molecular flexibility index (Phi) is 5.67. The number of nitrogens with zero attached hydrogens (tertiary/aromatic N) is 4. The van der Waals surface area contributed by atoms with Crippen molar-refractivity contribution >= 4 is 33.5 Å². The largest absolute Gasteiger partial charge is 0.492 e. The Hall–Kier alpha value is -3.86. The first-order valence-corrected chi connectivity index (χ1v) is 9.46. The first kappa shape index (κ1) is 18.5. The van der Waals surface area contributed by atoms with Gasteiger partial charge in [0.2, 0.25) is 0 Å². The van der Waals surface area contributed by atoms with Gasteiger partial charge in [0.25, 0.3) is 0 Å². The third-order valence-corrected chi connectivity index (χ3v) is 4.32. The summed E-state index contributed by atoms with van der Waals surface area (Å²) in [7, 11) is 0. The van der Waals surface area contributed by atoms with E-state index in [0.717, 1.165) is 39.3 Å². The normalized spacial score (nSPS) is 11.5. The van der Waals surface area contributed by atoms with Crippen LogP contribution in [0.5, 0.6) is 5.75 Å². The molecule has 0 aromatic heterocycles. The van der Waals surface area contributed by atoms with Crippen LogP contribution in [-0.4, -0.2) is 6.61 Å². The van der Waals surface area contributed by atoms with Crippen molar-refractivity contribution in [3.63, 3.8) is 0 Å². The van der Waals surface area contributed by atoms with Gasteiger partial charge in [0.05, 0.1) is 23.7 Å². The first-order chi connectivity index (χ1) is 14.3. The van der Waals surface area contributed by atoms with Crippen LogP contribution in [0.25, 0.3) is 10.8 Å². The Morgan fingerprint density at radius 2 is 1.17 bits per heavy atom. The smallest absolute Gasteiger partial charge is 0.147 e. The predicted octanol–water partition coefficient (Wildman–Crippen LogP) is 8.07. The van der Waals surface area contributed by atoms with Crippen LogP contribution in [0.1, 0.15) is 6.92 Å². The highest BCUT2D eigenvalue weighted by molar-refractivity contribution is 5.95. The number of hydrogen-bond acceptors (Lipinski definition) is 5.